The number of hydrogen-bond donors (Lipinski definition) is 1. The third-order valence-electron chi connectivity index (χ3n) is 1.60. The van der Waals surface area contributed by atoms with Crippen molar-refractivity contribution in [3.63, 3.8) is 0 Å². The standard InChI is InChI=1S/C11H20O3/c1-8(2)10(13)14-7-9(12)6-11(3,4)5/h9,12H,1,6-7H2,2-5H3. The predicted molar refractivity (Wildman–Crippen MR) is 55.9 cm³/mol. The molecule has 0 aliphatic carbocycles. The number of rotatable bonds is 4. The highest BCUT2D eigenvalue weighted by Crippen LogP contribution is 2.20. The van der Waals surface area contributed by atoms with Gasteiger partial charge in [0.1, 0.15) is 6.61 Å². The van der Waals surface area contributed by atoms with Crippen LogP contribution in [0.5, 0.6) is 0 Å². The Labute approximate surface area is 85.8 Å². The molecule has 3 nitrogen and oxygen atoms in total. The number of aliphatic hydroxyl groups excluding tert-OH is 1. The smallest absolute Gasteiger partial charge is 0.333 e. The van der Waals surface area contributed by atoms with Crippen LogP contribution >= 0.6 is 0 Å². The number of aliphatic hydroxyl groups is 1. The van der Waals surface area contributed by atoms with Gasteiger partial charge < -0.3 is 9.84 Å². The van der Waals surface area contributed by atoms with Crippen LogP contribution in [-0.4, -0.2) is 23.8 Å². The maximum atomic E-state index is 11.0. The number of esters is 1. The summed E-state index contributed by atoms with van der Waals surface area (Å²) in [5, 5.41) is 9.51. The second-order valence-electron chi connectivity index (χ2n) is 4.80. The van der Waals surface area contributed by atoms with Gasteiger partial charge in [-0.15, -0.1) is 0 Å². The van der Waals surface area contributed by atoms with Crippen molar-refractivity contribution in [1.82, 2.24) is 0 Å². The van der Waals surface area contributed by atoms with E-state index in [9.17, 15) is 9.90 Å². The molecular formula is C11H20O3. The summed E-state index contributed by atoms with van der Waals surface area (Å²) >= 11 is 0. The van der Waals surface area contributed by atoms with Gasteiger partial charge in [-0.3, -0.25) is 0 Å². The zero-order valence-electron chi connectivity index (χ0n) is 9.46. The van der Waals surface area contributed by atoms with E-state index in [2.05, 4.69) is 6.58 Å². The van der Waals surface area contributed by atoms with Gasteiger partial charge in [-0.25, -0.2) is 4.79 Å². The normalized spacial score (nSPS) is 13.5. The molecule has 0 bridgehead atoms. The number of carbonyl (C=O) groups is 1. The molecular weight excluding hydrogens is 180 g/mol. The van der Waals surface area contributed by atoms with Crippen LogP contribution in [0.15, 0.2) is 12.2 Å². The van der Waals surface area contributed by atoms with Crippen LogP contribution in [0.25, 0.3) is 0 Å². The van der Waals surface area contributed by atoms with E-state index in [0.717, 1.165) is 0 Å². The fraction of sp³-hybridized carbons (Fsp3) is 0.727. The van der Waals surface area contributed by atoms with Gasteiger partial charge in [0.25, 0.3) is 0 Å². The molecule has 3 heteroatoms. The molecule has 0 aromatic carbocycles. The first kappa shape index (κ1) is 13.2. The average molecular weight is 200 g/mol. The van der Waals surface area contributed by atoms with Crippen molar-refractivity contribution in [2.75, 3.05) is 6.61 Å². The van der Waals surface area contributed by atoms with Crippen LogP contribution in [-0.2, 0) is 9.53 Å². The second kappa shape index (κ2) is 5.15. The fourth-order valence-electron chi connectivity index (χ4n) is 1.06. The molecule has 14 heavy (non-hydrogen) atoms. The molecule has 0 fully saturated rings. The Hall–Kier alpha value is -0.830. The summed E-state index contributed by atoms with van der Waals surface area (Å²) in [5.41, 5.74) is 0.391. The van der Waals surface area contributed by atoms with Crippen LogP contribution in [0, 0.1) is 5.41 Å². The molecule has 0 rings (SSSR count). The van der Waals surface area contributed by atoms with Gasteiger partial charge >= 0.3 is 5.97 Å². The van der Waals surface area contributed by atoms with Crippen molar-refractivity contribution in [3.05, 3.63) is 12.2 Å². The topological polar surface area (TPSA) is 46.5 Å². The number of ether oxygens (including phenoxy) is 1. The Kier molecular flexibility index (Phi) is 4.85. The minimum Gasteiger partial charge on any atom is -0.460 e. The van der Waals surface area contributed by atoms with Crippen LogP contribution in [0.2, 0.25) is 0 Å². The van der Waals surface area contributed by atoms with Gasteiger partial charge in [-0.05, 0) is 18.8 Å². The molecule has 1 N–H and O–H groups in total. The largest absolute Gasteiger partial charge is 0.460 e. The lowest BCUT2D eigenvalue weighted by Gasteiger charge is -2.21. The summed E-state index contributed by atoms with van der Waals surface area (Å²) in [6, 6.07) is 0. The van der Waals surface area contributed by atoms with Crippen molar-refractivity contribution in [3.8, 4) is 0 Å². The molecule has 0 aromatic rings. The summed E-state index contributed by atoms with van der Waals surface area (Å²) in [7, 11) is 0. The first-order chi connectivity index (χ1) is 6.22. The monoisotopic (exact) mass is 200 g/mol. The van der Waals surface area contributed by atoms with Crippen molar-refractivity contribution >= 4 is 5.97 Å². The summed E-state index contributed by atoms with van der Waals surface area (Å²) < 4.78 is 4.82. The minimum absolute atomic E-state index is 0.0368. The van der Waals surface area contributed by atoms with Gasteiger partial charge in [0, 0.05) is 5.57 Å². The maximum Gasteiger partial charge on any atom is 0.333 e. The quantitative estimate of drug-likeness (QED) is 0.557. The summed E-state index contributed by atoms with van der Waals surface area (Å²) in [4.78, 5) is 11.0. The lowest BCUT2D eigenvalue weighted by molar-refractivity contribution is -0.142. The molecule has 0 aliphatic heterocycles. The molecule has 0 saturated heterocycles. The third-order valence-corrected chi connectivity index (χ3v) is 1.60. The van der Waals surface area contributed by atoms with Crippen molar-refractivity contribution < 1.29 is 14.6 Å². The minimum atomic E-state index is -0.599. The Morgan fingerprint density at radius 1 is 1.50 bits per heavy atom. The Bertz CT molecular complexity index is 213. The van der Waals surface area contributed by atoms with E-state index in [1.54, 1.807) is 6.92 Å². The SMILES string of the molecule is C=C(C)C(=O)OCC(O)CC(C)(C)C. The van der Waals surface area contributed by atoms with Crippen LogP contribution in [0.4, 0.5) is 0 Å². The van der Waals surface area contributed by atoms with E-state index in [4.69, 9.17) is 4.74 Å². The lowest BCUT2D eigenvalue weighted by atomic mass is 9.89. The predicted octanol–water partition coefficient (Wildman–Crippen LogP) is 1.90. The summed E-state index contributed by atoms with van der Waals surface area (Å²) in [6.45, 7) is 11.2. The lowest BCUT2D eigenvalue weighted by Crippen LogP contribution is -2.24. The van der Waals surface area contributed by atoms with Crippen LogP contribution in [0.1, 0.15) is 34.1 Å². The zero-order chi connectivity index (χ0) is 11.4. The maximum absolute atomic E-state index is 11.0. The molecule has 1 atom stereocenters. The molecule has 0 saturated carbocycles. The van der Waals surface area contributed by atoms with E-state index in [-0.39, 0.29) is 12.0 Å². The first-order valence-corrected chi connectivity index (χ1v) is 4.73. The summed E-state index contributed by atoms with van der Waals surface area (Å²) in [5.74, 6) is -0.446. The average Bonchev–Trinajstić information content (AvgIpc) is 1.96. The highest BCUT2D eigenvalue weighted by Gasteiger charge is 2.18. The summed E-state index contributed by atoms with van der Waals surface area (Å²) in [6.07, 6.45) is 0.00881. The second-order valence-corrected chi connectivity index (χ2v) is 4.80. The van der Waals surface area contributed by atoms with Crippen LogP contribution < -0.4 is 0 Å². The number of hydrogen-bond acceptors (Lipinski definition) is 3. The van der Waals surface area contributed by atoms with Gasteiger partial charge in [0.05, 0.1) is 6.10 Å². The van der Waals surface area contributed by atoms with Gasteiger partial charge in [-0.2, -0.15) is 0 Å². The third kappa shape index (κ3) is 6.66. The highest BCUT2D eigenvalue weighted by molar-refractivity contribution is 5.86. The molecule has 82 valence electrons. The van der Waals surface area contributed by atoms with Crippen molar-refractivity contribution in [2.45, 2.75) is 40.2 Å². The zero-order valence-corrected chi connectivity index (χ0v) is 9.46. The van der Waals surface area contributed by atoms with E-state index in [0.29, 0.717) is 12.0 Å². The molecule has 0 aromatic heterocycles. The van der Waals surface area contributed by atoms with Gasteiger partial charge in [0.2, 0.25) is 0 Å². The Morgan fingerprint density at radius 2 is 2.00 bits per heavy atom. The Morgan fingerprint density at radius 3 is 2.36 bits per heavy atom. The van der Waals surface area contributed by atoms with E-state index in [1.165, 1.54) is 0 Å². The van der Waals surface area contributed by atoms with E-state index in [1.807, 2.05) is 20.8 Å². The molecule has 0 amide bonds. The highest BCUT2D eigenvalue weighted by atomic mass is 16.5. The Balaban J connectivity index is 3.80. The van der Waals surface area contributed by atoms with Gasteiger partial charge in [-0.1, -0.05) is 27.4 Å². The molecule has 0 spiro atoms. The van der Waals surface area contributed by atoms with E-state index < -0.39 is 12.1 Å². The number of carbonyl (C=O) groups excluding carboxylic acids is 1. The van der Waals surface area contributed by atoms with Gasteiger partial charge in [0.15, 0.2) is 0 Å². The molecule has 0 aliphatic rings. The first-order valence-electron chi connectivity index (χ1n) is 4.73. The molecule has 0 heterocycles. The van der Waals surface area contributed by atoms with Crippen LogP contribution in [0.3, 0.4) is 0 Å². The molecule has 1 unspecified atom stereocenters. The fourth-order valence-corrected chi connectivity index (χ4v) is 1.06. The van der Waals surface area contributed by atoms with Crippen molar-refractivity contribution in [2.24, 2.45) is 5.41 Å². The van der Waals surface area contributed by atoms with E-state index >= 15 is 0 Å². The molecule has 0 radical (unpaired) electrons. The van der Waals surface area contributed by atoms with Crippen molar-refractivity contribution in [1.29, 1.82) is 0 Å².